The number of aliphatic carboxylic acids is 1. The highest BCUT2D eigenvalue weighted by molar-refractivity contribution is 5.73. The Hall–Kier alpha value is -1.34. The Balaban J connectivity index is 2.07. The van der Waals surface area contributed by atoms with E-state index in [0.717, 1.165) is 0 Å². The van der Waals surface area contributed by atoms with Crippen LogP contribution in [-0.4, -0.2) is 46.8 Å². The van der Waals surface area contributed by atoms with Crippen LogP contribution in [0, 0.1) is 5.92 Å². The molecule has 1 amide bonds. The Morgan fingerprint density at radius 3 is 2.33 bits per heavy atom. The first kappa shape index (κ1) is 16.0. The number of nitrogens with one attached hydrogen (secondary N) is 1. The zero-order valence-electron chi connectivity index (χ0n) is 13.0. The normalized spacial score (nSPS) is 34.3. The minimum absolute atomic E-state index is 0.264. The molecule has 1 heterocycles. The molecule has 0 bridgehead atoms. The van der Waals surface area contributed by atoms with Crippen LogP contribution in [0.2, 0.25) is 0 Å². The van der Waals surface area contributed by atoms with Gasteiger partial charge in [0.25, 0.3) is 0 Å². The van der Waals surface area contributed by atoms with E-state index < -0.39 is 47.6 Å². The lowest BCUT2D eigenvalue weighted by atomic mass is 10.1. The summed E-state index contributed by atoms with van der Waals surface area (Å²) < 4.78 is 16.6. The van der Waals surface area contributed by atoms with E-state index in [-0.39, 0.29) is 6.42 Å². The number of carbonyl (C=O) groups is 2. The predicted octanol–water partition coefficient (Wildman–Crippen LogP) is 1.50. The van der Waals surface area contributed by atoms with E-state index in [9.17, 15) is 14.7 Å². The molecule has 2 N–H and O–H groups in total. The second kappa shape index (κ2) is 5.14. The standard InChI is InChI=1S/C14H23NO6/c1-13(2,3)21-12(18)15-8-6-7(11(16)17)9-10(8)20-14(4,5)19-9/h7-10H,6H2,1-5H3,(H,15,18)(H,16,17)/t7-,8-,9+,10-/m0/s1. The first-order valence-corrected chi connectivity index (χ1v) is 7.06. The van der Waals surface area contributed by atoms with Gasteiger partial charge in [0.2, 0.25) is 0 Å². The lowest BCUT2D eigenvalue weighted by Crippen LogP contribution is -2.45. The largest absolute Gasteiger partial charge is 0.481 e. The number of alkyl carbamates (subject to hydrolysis) is 1. The monoisotopic (exact) mass is 301 g/mol. The van der Waals surface area contributed by atoms with E-state index >= 15 is 0 Å². The smallest absolute Gasteiger partial charge is 0.407 e. The van der Waals surface area contributed by atoms with Crippen LogP contribution >= 0.6 is 0 Å². The van der Waals surface area contributed by atoms with Crippen LogP contribution in [0.25, 0.3) is 0 Å². The highest BCUT2D eigenvalue weighted by atomic mass is 16.8. The van der Waals surface area contributed by atoms with Gasteiger partial charge in [-0.05, 0) is 41.0 Å². The van der Waals surface area contributed by atoms with Crippen LogP contribution in [0.1, 0.15) is 41.0 Å². The van der Waals surface area contributed by atoms with Gasteiger partial charge < -0.3 is 24.6 Å². The number of hydrogen-bond acceptors (Lipinski definition) is 5. The SMILES string of the molecule is CC(C)(C)OC(=O)N[C@H]1C[C@H](C(=O)O)[C@H]2OC(C)(C)O[C@H]21. The van der Waals surface area contributed by atoms with Crippen molar-refractivity contribution in [1.29, 1.82) is 0 Å². The van der Waals surface area contributed by atoms with Crippen molar-refractivity contribution < 1.29 is 28.9 Å². The molecule has 1 aliphatic heterocycles. The van der Waals surface area contributed by atoms with Crippen LogP contribution in [-0.2, 0) is 19.0 Å². The Labute approximate surface area is 123 Å². The van der Waals surface area contributed by atoms with Gasteiger partial charge in [0.1, 0.15) is 17.8 Å². The summed E-state index contributed by atoms with van der Waals surface area (Å²) in [7, 11) is 0. The molecule has 0 aromatic carbocycles. The van der Waals surface area contributed by atoms with E-state index in [1.807, 2.05) is 0 Å². The first-order chi connectivity index (χ1) is 9.48. The molecular weight excluding hydrogens is 278 g/mol. The van der Waals surface area contributed by atoms with Crippen molar-refractivity contribution in [1.82, 2.24) is 5.32 Å². The Morgan fingerprint density at radius 1 is 1.24 bits per heavy atom. The van der Waals surface area contributed by atoms with Gasteiger partial charge in [-0.3, -0.25) is 4.79 Å². The molecule has 2 rings (SSSR count). The number of fused-ring (bicyclic) bond motifs is 1. The van der Waals surface area contributed by atoms with Crippen LogP contribution in [0.5, 0.6) is 0 Å². The number of rotatable bonds is 2. The van der Waals surface area contributed by atoms with Gasteiger partial charge >= 0.3 is 12.1 Å². The van der Waals surface area contributed by atoms with Crippen LogP contribution in [0.15, 0.2) is 0 Å². The second-order valence-electron chi connectivity index (χ2n) is 7.00. The van der Waals surface area contributed by atoms with Gasteiger partial charge in [-0.15, -0.1) is 0 Å². The molecule has 1 saturated heterocycles. The van der Waals surface area contributed by atoms with Crippen molar-refractivity contribution >= 4 is 12.1 Å². The third kappa shape index (κ3) is 3.65. The number of hydrogen-bond donors (Lipinski definition) is 2. The molecule has 120 valence electrons. The van der Waals surface area contributed by atoms with Gasteiger partial charge in [-0.1, -0.05) is 0 Å². The van der Waals surface area contributed by atoms with Crippen molar-refractivity contribution in [2.45, 2.75) is 70.7 Å². The van der Waals surface area contributed by atoms with Gasteiger partial charge in [0.15, 0.2) is 5.79 Å². The minimum Gasteiger partial charge on any atom is -0.481 e. The van der Waals surface area contributed by atoms with Crippen LogP contribution in [0.4, 0.5) is 4.79 Å². The summed E-state index contributed by atoms with van der Waals surface area (Å²) in [5.74, 6) is -2.49. The van der Waals surface area contributed by atoms with Crippen LogP contribution in [0.3, 0.4) is 0 Å². The zero-order chi connectivity index (χ0) is 16.0. The van der Waals surface area contributed by atoms with E-state index in [4.69, 9.17) is 14.2 Å². The highest BCUT2D eigenvalue weighted by Gasteiger charge is 2.56. The summed E-state index contributed by atoms with van der Waals surface area (Å²) in [4.78, 5) is 23.2. The summed E-state index contributed by atoms with van der Waals surface area (Å²) in [5.41, 5.74) is -0.611. The maximum atomic E-state index is 11.9. The number of carboxylic acids is 1. The van der Waals surface area contributed by atoms with Gasteiger partial charge in [0.05, 0.1) is 12.0 Å². The fourth-order valence-electron chi connectivity index (χ4n) is 2.82. The molecule has 7 nitrogen and oxygen atoms in total. The minimum atomic E-state index is -0.945. The lowest BCUT2D eigenvalue weighted by Gasteiger charge is -2.25. The van der Waals surface area contributed by atoms with Crippen molar-refractivity contribution in [3.05, 3.63) is 0 Å². The predicted molar refractivity (Wildman–Crippen MR) is 72.7 cm³/mol. The van der Waals surface area contributed by atoms with Gasteiger partial charge in [0, 0.05) is 0 Å². The van der Waals surface area contributed by atoms with Crippen molar-refractivity contribution in [3.63, 3.8) is 0 Å². The summed E-state index contributed by atoms with van der Waals surface area (Å²) >= 11 is 0. The Morgan fingerprint density at radius 2 is 1.81 bits per heavy atom. The molecule has 2 fully saturated rings. The Kier molecular flexibility index (Phi) is 3.92. The number of ether oxygens (including phenoxy) is 3. The molecule has 2 aliphatic rings. The van der Waals surface area contributed by atoms with Crippen LogP contribution < -0.4 is 5.32 Å². The van der Waals surface area contributed by atoms with Gasteiger partial charge in [-0.2, -0.15) is 0 Å². The zero-order valence-corrected chi connectivity index (χ0v) is 13.0. The maximum Gasteiger partial charge on any atom is 0.407 e. The number of amides is 1. The van der Waals surface area contributed by atoms with Crippen molar-refractivity contribution in [3.8, 4) is 0 Å². The van der Waals surface area contributed by atoms with E-state index in [1.165, 1.54) is 0 Å². The van der Waals surface area contributed by atoms with Crippen molar-refractivity contribution in [2.75, 3.05) is 0 Å². The third-order valence-corrected chi connectivity index (χ3v) is 3.48. The third-order valence-electron chi connectivity index (χ3n) is 3.48. The molecule has 0 spiro atoms. The van der Waals surface area contributed by atoms with Gasteiger partial charge in [-0.25, -0.2) is 4.79 Å². The Bertz CT molecular complexity index is 441. The molecule has 1 saturated carbocycles. The molecule has 7 heteroatoms. The summed E-state index contributed by atoms with van der Waals surface area (Å²) in [6.07, 6.45) is -1.35. The second-order valence-corrected chi connectivity index (χ2v) is 7.00. The number of carbonyl (C=O) groups excluding carboxylic acids is 1. The molecule has 4 atom stereocenters. The molecule has 0 radical (unpaired) electrons. The van der Waals surface area contributed by atoms with E-state index in [1.54, 1.807) is 34.6 Å². The molecular formula is C14H23NO6. The van der Waals surface area contributed by atoms with E-state index in [2.05, 4.69) is 5.32 Å². The first-order valence-electron chi connectivity index (χ1n) is 7.06. The fourth-order valence-corrected chi connectivity index (χ4v) is 2.82. The molecule has 21 heavy (non-hydrogen) atoms. The average molecular weight is 301 g/mol. The summed E-state index contributed by atoms with van der Waals surface area (Å²) in [6, 6.07) is -0.437. The van der Waals surface area contributed by atoms with Crippen molar-refractivity contribution in [2.24, 2.45) is 5.92 Å². The maximum absolute atomic E-state index is 11.9. The molecule has 0 unspecified atom stereocenters. The molecule has 1 aliphatic carbocycles. The lowest BCUT2D eigenvalue weighted by molar-refractivity contribution is -0.166. The van der Waals surface area contributed by atoms with E-state index in [0.29, 0.717) is 0 Å². The topological polar surface area (TPSA) is 94.1 Å². The molecule has 0 aromatic heterocycles. The average Bonchev–Trinajstić information content (AvgIpc) is 2.70. The summed E-state index contributed by atoms with van der Waals surface area (Å²) in [6.45, 7) is 8.76. The fraction of sp³-hybridized carbons (Fsp3) is 0.857. The summed E-state index contributed by atoms with van der Waals surface area (Å²) in [5, 5.41) is 12.0. The highest BCUT2D eigenvalue weighted by Crippen LogP contribution is 2.41. The number of carboxylic acid groups (broad SMARTS) is 1. The quantitative estimate of drug-likeness (QED) is 0.803. The molecule has 0 aromatic rings.